The minimum atomic E-state index is 0. The standard InChI is InChI=1S/C5H6ClN3.ClH/c6-5-2-1-4(3-7)8-9-5;/h1-2H,3,7H2;1H. The van der Waals surface area contributed by atoms with E-state index in [0.29, 0.717) is 11.7 Å². The lowest BCUT2D eigenvalue weighted by atomic mass is 10.4. The van der Waals surface area contributed by atoms with E-state index in [2.05, 4.69) is 10.2 Å². The van der Waals surface area contributed by atoms with E-state index < -0.39 is 0 Å². The van der Waals surface area contributed by atoms with Gasteiger partial charge < -0.3 is 5.73 Å². The summed E-state index contributed by atoms with van der Waals surface area (Å²) in [6, 6.07) is 3.41. The lowest BCUT2D eigenvalue weighted by molar-refractivity contribution is 0.899. The fraction of sp³-hybridized carbons (Fsp3) is 0.200. The van der Waals surface area contributed by atoms with Gasteiger partial charge in [-0.3, -0.25) is 0 Å². The van der Waals surface area contributed by atoms with Crippen molar-refractivity contribution >= 4 is 24.0 Å². The molecule has 1 heterocycles. The Labute approximate surface area is 70.0 Å². The summed E-state index contributed by atoms with van der Waals surface area (Å²) in [6.07, 6.45) is 0. The van der Waals surface area contributed by atoms with Crippen LogP contribution in [0.1, 0.15) is 5.69 Å². The normalized spacial score (nSPS) is 8.60. The van der Waals surface area contributed by atoms with Crippen LogP contribution in [0.25, 0.3) is 0 Å². The molecule has 0 saturated heterocycles. The van der Waals surface area contributed by atoms with Crippen molar-refractivity contribution in [1.29, 1.82) is 0 Å². The number of nitrogens with zero attached hydrogens (tertiary/aromatic N) is 2. The molecule has 1 aromatic heterocycles. The van der Waals surface area contributed by atoms with E-state index in [1.165, 1.54) is 0 Å². The van der Waals surface area contributed by atoms with Gasteiger partial charge in [0.05, 0.1) is 5.69 Å². The van der Waals surface area contributed by atoms with Crippen LogP contribution in [0.3, 0.4) is 0 Å². The molecule has 0 aliphatic rings. The van der Waals surface area contributed by atoms with Crippen LogP contribution in [0, 0.1) is 0 Å². The second-order valence-corrected chi connectivity index (χ2v) is 1.94. The Balaban J connectivity index is 0.000000810. The highest BCUT2D eigenvalue weighted by molar-refractivity contribution is 6.29. The van der Waals surface area contributed by atoms with Gasteiger partial charge in [-0.15, -0.1) is 17.5 Å². The molecule has 1 aromatic rings. The van der Waals surface area contributed by atoms with E-state index in [-0.39, 0.29) is 12.4 Å². The van der Waals surface area contributed by atoms with Crippen LogP contribution in [0.15, 0.2) is 12.1 Å². The smallest absolute Gasteiger partial charge is 0.151 e. The number of aromatic nitrogens is 2. The molecule has 1 rings (SSSR count). The van der Waals surface area contributed by atoms with Crippen LogP contribution < -0.4 is 5.73 Å². The van der Waals surface area contributed by atoms with Crippen molar-refractivity contribution in [2.45, 2.75) is 6.54 Å². The summed E-state index contributed by atoms with van der Waals surface area (Å²) in [5.74, 6) is 0. The van der Waals surface area contributed by atoms with Gasteiger partial charge in [0.2, 0.25) is 0 Å². The molecule has 3 nitrogen and oxygen atoms in total. The van der Waals surface area contributed by atoms with Gasteiger partial charge in [-0.2, -0.15) is 5.10 Å². The molecule has 0 fully saturated rings. The molecule has 0 bridgehead atoms. The maximum absolute atomic E-state index is 5.45. The third kappa shape index (κ3) is 2.47. The fourth-order valence-electron chi connectivity index (χ4n) is 0.452. The second kappa shape index (κ2) is 4.44. The molecule has 0 atom stereocenters. The molecule has 0 spiro atoms. The average Bonchev–Trinajstić information content (AvgIpc) is 1.90. The third-order valence-corrected chi connectivity index (χ3v) is 1.10. The Bertz CT molecular complexity index is 187. The number of nitrogens with two attached hydrogens (primary N) is 1. The van der Waals surface area contributed by atoms with Crippen LogP contribution in [-0.2, 0) is 6.54 Å². The zero-order valence-electron chi connectivity index (χ0n) is 5.12. The van der Waals surface area contributed by atoms with Crippen molar-refractivity contribution in [3.05, 3.63) is 23.0 Å². The molecule has 5 heteroatoms. The van der Waals surface area contributed by atoms with Gasteiger partial charge in [0, 0.05) is 6.54 Å². The average molecular weight is 180 g/mol. The predicted octanol–water partition coefficient (Wildman–Crippen LogP) is 1.01. The summed E-state index contributed by atoms with van der Waals surface area (Å²) in [6.45, 7) is 0.407. The van der Waals surface area contributed by atoms with Gasteiger partial charge >= 0.3 is 0 Å². The van der Waals surface area contributed by atoms with Crippen molar-refractivity contribution in [1.82, 2.24) is 10.2 Å². The summed E-state index contributed by atoms with van der Waals surface area (Å²) in [4.78, 5) is 0. The van der Waals surface area contributed by atoms with E-state index >= 15 is 0 Å². The van der Waals surface area contributed by atoms with Gasteiger partial charge in [-0.1, -0.05) is 11.6 Å². The molecule has 0 saturated carbocycles. The largest absolute Gasteiger partial charge is 0.325 e. The first-order valence-electron chi connectivity index (χ1n) is 2.51. The first-order valence-corrected chi connectivity index (χ1v) is 2.89. The highest BCUT2D eigenvalue weighted by Gasteiger charge is 1.89. The SMILES string of the molecule is Cl.NCc1ccc(Cl)nn1. The monoisotopic (exact) mass is 179 g/mol. The van der Waals surface area contributed by atoms with E-state index in [1.54, 1.807) is 12.1 Å². The predicted molar refractivity (Wildman–Crippen MR) is 42.2 cm³/mol. The maximum Gasteiger partial charge on any atom is 0.151 e. The Morgan fingerprint density at radius 3 is 2.50 bits per heavy atom. The van der Waals surface area contributed by atoms with Crippen molar-refractivity contribution in [3.63, 3.8) is 0 Å². The van der Waals surface area contributed by atoms with E-state index in [9.17, 15) is 0 Å². The fourth-order valence-corrected chi connectivity index (χ4v) is 0.553. The Hall–Kier alpha value is -0.380. The summed E-state index contributed by atoms with van der Waals surface area (Å²) in [5, 5.41) is 7.67. The summed E-state index contributed by atoms with van der Waals surface area (Å²) >= 11 is 5.45. The van der Waals surface area contributed by atoms with Gasteiger partial charge in [0.25, 0.3) is 0 Å². The molecule has 2 N–H and O–H groups in total. The lowest BCUT2D eigenvalue weighted by Crippen LogP contribution is -1.99. The minimum Gasteiger partial charge on any atom is -0.325 e. The topological polar surface area (TPSA) is 51.8 Å². The van der Waals surface area contributed by atoms with Crippen LogP contribution >= 0.6 is 24.0 Å². The summed E-state index contributed by atoms with van der Waals surface area (Å²) in [7, 11) is 0. The van der Waals surface area contributed by atoms with Gasteiger partial charge in [0.15, 0.2) is 5.15 Å². The molecule has 0 aliphatic carbocycles. The Morgan fingerprint density at radius 2 is 2.10 bits per heavy atom. The molecule has 56 valence electrons. The molecule has 0 aliphatic heterocycles. The van der Waals surface area contributed by atoms with Crippen molar-refractivity contribution in [2.75, 3.05) is 0 Å². The second-order valence-electron chi connectivity index (χ2n) is 1.55. The molecule has 0 radical (unpaired) electrons. The quantitative estimate of drug-likeness (QED) is 0.701. The van der Waals surface area contributed by atoms with Crippen LogP contribution in [0.2, 0.25) is 5.15 Å². The summed E-state index contributed by atoms with van der Waals surface area (Å²) in [5.41, 5.74) is 6.00. The Kier molecular flexibility index (Phi) is 4.27. The number of hydrogen-bond acceptors (Lipinski definition) is 3. The molecule has 10 heavy (non-hydrogen) atoms. The highest BCUT2D eigenvalue weighted by Crippen LogP contribution is 2.00. The molecule has 0 amide bonds. The van der Waals surface area contributed by atoms with Crippen LogP contribution in [0.5, 0.6) is 0 Å². The van der Waals surface area contributed by atoms with Gasteiger partial charge in [-0.05, 0) is 12.1 Å². The van der Waals surface area contributed by atoms with Gasteiger partial charge in [0.1, 0.15) is 0 Å². The maximum atomic E-state index is 5.45. The molecular formula is C5H7Cl2N3. The summed E-state index contributed by atoms with van der Waals surface area (Å²) < 4.78 is 0. The van der Waals surface area contributed by atoms with Crippen LogP contribution in [0.4, 0.5) is 0 Å². The molecular weight excluding hydrogens is 173 g/mol. The zero-order valence-corrected chi connectivity index (χ0v) is 6.69. The highest BCUT2D eigenvalue weighted by atomic mass is 35.5. The van der Waals surface area contributed by atoms with E-state index in [1.807, 2.05) is 0 Å². The van der Waals surface area contributed by atoms with Crippen molar-refractivity contribution < 1.29 is 0 Å². The minimum absolute atomic E-state index is 0. The van der Waals surface area contributed by atoms with Crippen molar-refractivity contribution in [3.8, 4) is 0 Å². The van der Waals surface area contributed by atoms with Crippen molar-refractivity contribution in [2.24, 2.45) is 5.73 Å². The third-order valence-electron chi connectivity index (χ3n) is 0.896. The number of halogens is 2. The van der Waals surface area contributed by atoms with E-state index in [4.69, 9.17) is 17.3 Å². The molecule has 0 aromatic carbocycles. The number of hydrogen-bond donors (Lipinski definition) is 1. The Morgan fingerprint density at radius 1 is 1.40 bits per heavy atom. The van der Waals surface area contributed by atoms with Crippen LogP contribution in [-0.4, -0.2) is 10.2 Å². The lowest BCUT2D eigenvalue weighted by Gasteiger charge is -1.90. The zero-order chi connectivity index (χ0) is 6.69. The number of rotatable bonds is 1. The first-order chi connectivity index (χ1) is 4.33. The van der Waals surface area contributed by atoms with E-state index in [0.717, 1.165) is 5.69 Å². The molecule has 0 unspecified atom stereocenters. The van der Waals surface area contributed by atoms with Gasteiger partial charge in [-0.25, -0.2) is 0 Å². The first kappa shape index (κ1) is 9.62.